The van der Waals surface area contributed by atoms with Gasteiger partial charge in [0, 0.05) is 22.8 Å². The van der Waals surface area contributed by atoms with Gasteiger partial charge in [0.2, 0.25) is 0 Å². The van der Waals surface area contributed by atoms with Gasteiger partial charge in [-0.15, -0.1) is 0 Å². The lowest BCUT2D eigenvalue weighted by molar-refractivity contribution is 0.0992. The van der Waals surface area contributed by atoms with Crippen LogP contribution in [-0.4, -0.2) is 22.8 Å². The summed E-state index contributed by atoms with van der Waals surface area (Å²) in [7, 11) is 1.57. The number of ether oxygens (including phenoxy) is 2. The first-order valence-corrected chi connectivity index (χ1v) is 10.5. The largest absolute Gasteiger partial charge is 0.497 e. The van der Waals surface area contributed by atoms with E-state index in [-0.39, 0.29) is 40.3 Å². The Hall–Kier alpha value is -3.49. The molecule has 0 saturated carbocycles. The number of hydrogen-bond acceptors (Lipinski definition) is 5. The minimum Gasteiger partial charge on any atom is -0.497 e. The van der Waals surface area contributed by atoms with Crippen molar-refractivity contribution in [2.24, 2.45) is 0 Å². The number of nitrogens with one attached hydrogen (secondary N) is 1. The van der Waals surface area contributed by atoms with E-state index < -0.39 is 11.7 Å². The van der Waals surface area contributed by atoms with Crippen LogP contribution in [0.4, 0.5) is 10.2 Å². The SMILES string of the molecule is COc1cccc(OCc2ccc(C(=O)Nc3nn(Cc4c(F)cccc4Cl)cc3Cl)o2)c1. The van der Waals surface area contributed by atoms with Crippen LogP contribution in [-0.2, 0) is 13.2 Å². The Labute approximate surface area is 198 Å². The molecular formula is C23H18Cl2FN3O4. The van der Waals surface area contributed by atoms with Gasteiger partial charge in [-0.2, -0.15) is 5.10 Å². The molecule has 0 bridgehead atoms. The molecule has 1 N–H and O–H groups in total. The van der Waals surface area contributed by atoms with Crippen LogP contribution in [0.25, 0.3) is 0 Å². The minimum atomic E-state index is -0.543. The third kappa shape index (κ3) is 5.47. The Bertz CT molecular complexity index is 1270. The number of aromatic nitrogens is 2. The maximum absolute atomic E-state index is 14.0. The highest BCUT2D eigenvalue weighted by Crippen LogP contribution is 2.25. The van der Waals surface area contributed by atoms with E-state index in [1.54, 1.807) is 43.5 Å². The van der Waals surface area contributed by atoms with Crippen molar-refractivity contribution < 1.29 is 23.1 Å². The summed E-state index contributed by atoms with van der Waals surface area (Å²) in [5, 5.41) is 7.24. The van der Waals surface area contributed by atoms with Gasteiger partial charge in [0.05, 0.1) is 13.7 Å². The molecule has 0 aliphatic heterocycles. The molecule has 170 valence electrons. The van der Waals surface area contributed by atoms with Gasteiger partial charge in [0.15, 0.2) is 11.6 Å². The third-order valence-electron chi connectivity index (χ3n) is 4.64. The zero-order valence-electron chi connectivity index (χ0n) is 17.3. The van der Waals surface area contributed by atoms with Crippen LogP contribution in [0.5, 0.6) is 11.5 Å². The van der Waals surface area contributed by atoms with Crippen molar-refractivity contribution in [3.8, 4) is 11.5 Å². The fourth-order valence-electron chi connectivity index (χ4n) is 3.00. The highest BCUT2D eigenvalue weighted by Gasteiger charge is 2.17. The second-order valence-corrected chi connectivity index (χ2v) is 7.73. The predicted molar refractivity (Wildman–Crippen MR) is 122 cm³/mol. The average Bonchev–Trinajstić information content (AvgIpc) is 3.42. The lowest BCUT2D eigenvalue weighted by Gasteiger charge is -2.06. The Kier molecular flexibility index (Phi) is 6.86. The van der Waals surface area contributed by atoms with Crippen molar-refractivity contribution in [2.75, 3.05) is 12.4 Å². The molecule has 1 amide bonds. The quantitative estimate of drug-likeness (QED) is 0.337. The molecule has 2 aromatic heterocycles. The van der Waals surface area contributed by atoms with Crippen LogP contribution in [0, 0.1) is 5.82 Å². The number of carbonyl (C=O) groups excluding carboxylic acids is 1. The predicted octanol–water partition coefficient (Wildman–Crippen LogP) is 5.81. The summed E-state index contributed by atoms with van der Waals surface area (Å²) in [6, 6.07) is 14.7. The first-order valence-electron chi connectivity index (χ1n) is 9.75. The van der Waals surface area contributed by atoms with Crippen molar-refractivity contribution in [1.29, 1.82) is 0 Å². The Morgan fingerprint density at radius 3 is 2.70 bits per heavy atom. The van der Waals surface area contributed by atoms with Gasteiger partial charge < -0.3 is 19.2 Å². The Morgan fingerprint density at radius 1 is 1.12 bits per heavy atom. The van der Waals surface area contributed by atoms with Crippen molar-refractivity contribution in [1.82, 2.24) is 9.78 Å². The van der Waals surface area contributed by atoms with E-state index in [0.717, 1.165) is 0 Å². The second-order valence-electron chi connectivity index (χ2n) is 6.91. The third-order valence-corrected chi connectivity index (χ3v) is 5.27. The topological polar surface area (TPSA) is 78.5 Å². The fourth-order valence-corrected chi connectivity index (χ4v) is 3.42. The van der Waals surface area contributed by atoms with E-state index in [1.807, 2.05) is 0 Å². The van der Waals surface area contributed by atoms with E-state index in [2.05, 4.69) is 10.4 Å². The number of methoxy groups -OCH3 is 1. The van der Waals surface area contributed by atoms with E-state index in [1.165, 1.54) is 29.1 Å². The number of halogens is 3. The molecule has 0 radical (unpaired) electrons. The molecule has 33 heavy (non-hydrogen) atoms. The average molecular weight is 490 g/mol. The number of hydrogen-bond donors (Lipinski definition) is 1. The molecule has 0 saturated heterocycles. The summed E-state index contributed by atoms with van der Waals surface area (Å²) >= 11 is 12.2. The Morgan fingerprint density at radius 2 is 1.91 bits per heavy atom. The van der Waals surface area contributed by atoms with Crippen LogP contribution in [0.15, 0.2) is 65.2 Å². The normalized spacial score (nSPS) is 10.8. The van der Waals surface area contributed by atoms with Crippen LogP contribution in [0.2, 0.25) is 10.0 Å². The number of furan rings is 1. The van der Waals surface area contributed by atoms with E-state index in [0.29, 0.717) is 17.3 Å². The fraction of sp³-hybridized carbons (Fsp3) is 0.130. The zero-order chi connectivity index (χ0) is 23.4. The van der Waals surface area contributed by atoms with Crippen molar-refractivity contribution >= 4 is 34.9 Å². The molecule has 10 heteroatoms. The maximum atomic E-state index is 14.0. The number of anilines is 1. The summed E-state index contributed by atoms with van der Waals surface area (Å²) in [5.74, 6) is 0.887. The number of benzene rings is 2. The maximum Gasteiger partial charge on any atom is 0.292 e. The molecular weight excluding hydrogens is 472 g/mol. The number of amides is 1. The van der Waals surface area contributed by atoms with Crippen molar-refractivity contribution in [3.05, 3.63) is 93.7 Å². The molecule has 0 atom stereocenters. The molecule has 0 fully saturated rings. The van der Waals surface area contributed by atoms with Crippen LogP contribution < -0.4 is 14.8 Å². The summed E-state index contributed by atoms with van der Waals surface area (Å²) in [6.07, 6.45) is 1.47. The number of rotatable bonds is 8. The molecule has 2 aromatic carbocycles. The molecule has 0 aliphatic rings. The van der Waals surface area contributed by atoms with Gasteiger partial charge in [-0.05, 0) is 36.4 Å². The van der Waals surface area contributed by atoms with Gasteiger partial charge in [-0.25, -0.2) is 4.39 Å². The molecule has 4 rings (SSSR count). The lowest BCUT2D eigenvalue weighted by Crippen LogP contribution is -2.12. The summed E-state index contributed by atoms with van der Waals surface area (Å²) in [5.41, 5.74) is 0.267. The summed E-state index contributed by atoms with van der Waals surface area (Å²) in [4.78, 5) is 12.6. The minimum absolute atomic E-state index is 0.0492. The monoisotopic (exact) mass is 489 g/mol. The lowest BCUT2D eigenvalue weighted by atomic mass is 10.2. The van der Waals surface area contributed by atoms with Gasteiger partial charge in [0.25, 0.3) is 5.91 Å². The van der Waals surface area contributed by atoms with Crippen LogP contribution in [0.3, 0.4) is 0 Å². The van der Waals surface area contributed by atoms with E-state index in [9.17, 15) is 9.18 Å². The molecule has 0 spiro atoms. The first-order chi connectivity index (χ1) is 15.9. The number of nitrogens with zero attached hydrogens (tertiary/aromatic N) is 2. The van der Waals surface area contributed by atoms with Gasteiger partial charge >= 0.3 is 0 Å². The molecule has 0 aliphatic carbocycles. The molecule has 7 nitrogen and oxygen atoms in total. The van der Waals surface area contributed by atoms with E-state index >= 15 is 0 Å². The smallest absolute Gasteiger partial charge is 0.292 e. The highest BCUT2D eigenvalue weighted by atomic mass is 35.5. The summed E-state index contributed by atoms with van der Waals surface area (Å²) in [6.45, 7) is 0.173. The Balaban J connectivity index is 1.39. The van der Waals surface area contributed by atoms with E-state index in [4.69, 9.17) is 37.1 Å². The van der Waals surface area contributed by atoms with Gasteiger partial charge in [0.1, 0.15) is 34.7 Å². The zero-order valence-corrected chi connectivity index (χ0v) is 18.9. The van der Waals surface area contributed by atoms with Gasteiger partial charge in [-0.1, -0.05) is 35.3 Å². The summed E-state index contributed by atoms with van der Waals surface area (Å²) < 4.78 is 31.8. The van der Waals surface area contributed by atoms with Crippen molar-refractivity contribution in [2.45, 2.75) is 13.2 Å². The van der Waals surface area contributed by atoms with Crippen molar-refractivity contribution in [3.63, 3.8) is 0 Å². The molecule has 0 unspecified atom stereocenters. The molecule has 4 aromatic rings. The highest BCUT2D eigenvalue weighted by molar-refractivity contribution is 6.33. The van der Waals surface area contributed by atoms with Gasteiger partial charge in [-0.3, -0.25) is 9.48 Å². The van der Waals surface area contributed by atoms with Crippen LogP contribution in [0.1, 0.15) is 21.9 Å². The first kappa shape index (κ1) is 22.7. The standard InChI is InChI=1S/C23H18Cl2FN3O4/c1-31-14-4-2-5-15(10-14)32-13-16-8-9-21(33-16)23(30)27-22-19(25)12-29(28-22)11-17-18(24)6-3-7-20(17)26/h2-10,12H,11,13H2,1H3,(H,27,28,30). The number of carbonyl (C=O) groups is 1. The second kappa shape index (κ2) is 9.97. The molecule has 2 heterocycles. The van der Waals surface area contributed by atoms with Crippen LogP contribution >= 0.6 is 23.2 Å².